The van der Waals surface area contributed by atoms with Gasteiger partial charge in [0.2, 0.25) is 0 Å². The van der Waals surface area contributed by atoms with Gasteiger partial charge in [-0.05, 0) is 126 Å². The molecule has 14 rings (SSSR count). The molecule has 1 N–H and O–H groups in total. The van der Waals surface area contributed by atoms with Crippen molar-refractivity contribution in [2.24, 2.45) is 15.9 Å². The van der Waals surface area contributed by atoms with Crippen LogP contribution < -0.4 is 0 Å². The minimum Gasteiger partial charge on any atom is -0.337 e. The minimum atomic E-state index is 0.196. The maximum Gasteiger partial charge on any atom is 0.157 e. The molecule has 2 aromatic carbocycles. The summed E-state index contributed by atoms with van der Waals surface area (Å²) in [7, 11) is 0. The van der Waals surface area contributed by atoms with Crippen LogP contribution in [-0.4, -0.2) is 61.8 Å². The summed E-state index contributed by atoms with van der Waals surface area (Å²) in [6, 6.07) is 61.3. The Morgan fingerprint density at radius 3 is 1.58 bits per heavy atom. The van der Waals surface area contributed by atoms with E-state index >= 15 is 0 Å². The summed E-state index contributed by atoms with van der Waals surface area (Å²) in [6.07, 6.45) is 23.6. The van der Waals surface area contributed by atoms with Crippen LogP contribution in [0.2, 0.25) is 0 Å². The third kappa shape index (κ3) is 12.3. The van der Waals surface area contributed by atoms with Crippen LogP contribution in [-0.2, 0) is 6.42 Å². The molecule has 2 aliphatic heterocycles. The summed E-state index contributed by atoms with van der Waals surface area (Å²) in [4.78, 5) is 51.7. The van der Waals surface area contributed by atoms with Gasteiger partial charge in [0.1, 0.15) is 11.7 Å². The highest BCUT2D eigenvalue weighted by atomic mass is 15.0. The van der Waals surface area contributed by atoms with Crippen molar-refractivity contribution in [1.29, 1.82) is 0 Å². The Hall–Kier alpha value is -10.1. The van der Waals surface area contributed by atoms with Gasteiger partial charge in [-0.3, -0.25) is 39.9 Å². The van der Waals surface area contributed by atoms with E-state index < -0.39 is 0 Å². The summed E-state index contributed by atoms with van der Waals surface area (Å²) >= 11 is 0. The lowest BCUT2D eigenvalue weighted by molar-refractivity contribution is 0.594. The van der Waals surface area contributed by atoms with Gasteiger partial charge in [0, 0.05) is 61.9 Å². The van der Waals surface area contributed by atoms with E-state index in [1.54, 1.807) is 37.2 Å². The van der Waals surface area contributed by atoms with Crippen molar-refractivity contribution >= 4 is 34.7 Å². The Morgan fingerprint density at radius 1 is 0.419 bits per heavy atom. The second-order valence-corrected chi connectivity index (χ2v) is 16.7. The molecular formula is C62H48N12. The molecule has 11 aromatic rings. The van der Waals surface area contributed by atoms with E-state index in [-0.39, 0.29) is 6.04 Å². The number of imidazole rings is 1. The zero-order valence-electron chi connectivity index (χ0n) is 40.1. The lowest BCUT2D eigenvalue weighted by Crippen LogP contribution is -2.15. The number of H-pyrrole nitrogens is 1. The van der Waals surface area contributed by atoms with E-state index in [0.29, 0.717) is 5.92 Å². The van der Waals surface area contributed by atoms with Crippen LogP contribution >= 0.6 is 0 Å². The Morgan fingerprint density at radius 2 is 0.973 bits per heavy atom. The summed E-state index contributed by atoms with van der Waals surface area (Å²) in [6.45, 7) is 0. The predicted octanol–water partition coefficient (Wildman–Crippen LogP) is 13.1. The van der Waals surface area contributed by atoms with E-state index in [9.17, 15) is 0 Å². The van der Waals surface area contributed by atoms with Gasteiger partial charge in [-0.25, -0.2) is 15.0 Å². The van der Waals surface area contributed by atoms with Crippen molar-refractivity contribution in [2.45, 2.75) is 12.5 Å². The zero-order chi connectivity index (χ0) is 50.0. The molecule has 11 heterocycles. The minimum absolute atomic E-state index is 0.196. The van der Waals surface area contributed by atoms with Gasteiger partial charge < -0.3 is 4.98 Å². The van der Waals surface area contributed by atoms with Gasteiger partial charge in [-0.2, -0.15) is 0 Å². The number of aliphatic imine (C=N–C) groups is 2. The molecule has 0 saturated carbocycles. The Labute approximate surface area is 429 Å². The molecule has 12 heteroatoms. The molecule has 0 saturated heterocycles. The Kier molecular flexibility index (Phi) is 15.5. The first-order chi connectivity index (χ1) is 36.7. The molecule has 356 valence electrons. The summed E-state index contributed by atoms with van der Waals surface area (Å²) < 4.78 is 0. The number of dihydropyridines is 1. The second-order valence-electron chi connectivity index (χ2n) is 16.7. The molecule has 0 amide bonds. The highest BCUT2D eigenvalue weighted by Gasteiger charge is 2.25. The molecule has 3 aliphatic rings. The molecular weight excluding hydrogens is 913 g/mol. The topological polar surface area (TPSA) is 157 Å². The van der Waals surface area contributed by atoms with Crippen LogP contribution in [0.4, 0.5) is 5.69 Å². The number of para-hydroxylation sites is 3. The van der Waals surface area contributed by atoms with Crippen LogP contribution in [0, 0.1) is 5.92 Å². The second kappa shape index (κ2) is 24.2. The number of pyridine rings is 8. The number of nitrogens with zero attached hydrogens (tertiary/aromatic N) is 11. The van der Waals surface area contributed by atoms with Gasteiger partial charge in [0.05, 0.1) is 68.0 Å². The van der Waals surface area contributed by atoms with Gasteiger partial charge in [0.25, 0.3) is 0 Å². The van der Waals surface area contributed by atoms with Crippen LogP contribution in [0.25, 0.3) is 62.8 Å². The number of hydrogen-bond donors (Lipinski definition) is 1. The van der Waals surface area contributed by atoms with Crippen LogP contribution in [0.15, 0.2) is 260 Å². The van der Waals surface area contributed by atoms with Crippen molar-refractivity contribution in [1.82, 2.24) is 49.8 Å². The van der Waals surface area contributed by atoms with E-state index in [1.165, 1.54) is 11.1 Å². The number of rotatable bonds is 5. The number of benzene rings is 2. The van der Waals surface area contributed by atoms with Crippen LogP contribution in [0.3, 0.4) is 0 Å². The number of fused-ring (bicyclic) bond motifs is 5. The number of allylic oxidation sites excluding steroid dienone is 1. The standard InChI is InChI=1S/C20H14N4.C15H11N3.C12H10N2.C10H8N2.C5H5N/c1-2-7-14-13(6-1)12-19(21-14)17-10-5-11-18(22-17)20-23-15-8-3-4-9-16(15)24-20;1-3-10-16-12(6-1)14-8-5-9-15(18-14)13-7-2-4-11-17-13;1-3-9-5-6-10-4-2-8-14-12(10)11(9)13-7-1;1-3-7-11-9(5-1)10-6-2-4-8-12-10;1-2-4-6-5-3-1/h1-11H,12H2,(H,23,24);1-11H;1-9,11H;1-8H;1-5H. The normalized spacial score (nSPS) is 14.1. The number of hydrogen-bond acceptors (Lipinski definition) is 11. The fraction of sp³-hybridized carbons (Fsp3) is 0.0484. The smallest absolute Gasteiger partial charge is 0.157 e. The van der Waals surface area contributed by atoms with Gasteiger partial charge in [0.15, 0.2) is 5.82 Å². The van der Waals surface area contributed by atoms with Crippen LogP contribution in [0.1, 0.15) is 28.6 Å². The van der Waals surface area contributed by atoms with E-state index in [4.69, 9.17) is 9.98 Å². The average Bonchev–Trinajstić information content (AvgIpc) is 4.15. The maximum absolute atomic E-state index is 4.78. The summed E-state index contributed by atoms with van der Waals surface area (Å²) in [5.41, 5.74) is 14.6. The third-order valence-electron chi connectivity index (χ3n) is 11.7. The zero-order valence-corrected chi connectivity index (χ0v) is 40.1. The Balaban J connectivity index is 0.000000112. The van der Waals surface area contributed by atoms with Crippen molar-refractivity contribution in [3.8, 4) is 45.7 Å². The molecule has 0 spiro atoms. The lowest BCUT2D eigenvalue weighted by Gasteiger charge is -2.25. The highest BCUT2D eigenvalue weighted by molar-refractivity contribution is 6.05. The average molecular weight is 961 g/mol. The highest BCUT2D eigenvalue weighted by Crippen LogP contribution is 2.35. The number of aromatic amines is 1. The molecule has 0 fully saturated rings. The van der Waals surface area contributed by atoms with Gasteiger partial charge in [-0.1, -0.05) is 97.1 Å². The predicted molar refractivity (Wildman–Crippen MR) is 295 cm³/mol. The van der Waals surface area contributed by atoms with Crippen molar-refractivity contribution < 1.29 is 0 Å². The first-order valence-corrected chi connectivity index (χ1v) is 24.1. The summed E-state index contributed by atoms with van der Waals surface area (Å²) in [5, 5.41) is 0. The molecule has 12 nitrogen and oxygen atoms in total. The first kappa shape index (κ1) is 47.6. The molecule has 0 bridgehead atoms. The van der Waals surface area contributed by atoms with E-state index in [0.717, 1.165) is 85.9 Å². The monoisotopic (exact) mass is 960 g/mol. The molecule has 0 radical (unpaired) electrons. The summed E-state index contributed by atoms with van der Waals surface area (Å²) in [5.74, 6) is 1.18. The molecule has 74 heavy (non-hydrogen) atoms. The van der Waals surface area contributed by atoms with Crippen molar-refractivity contribution in [3.63, 3.8) is 0 Å². The lowest BCUT2D eigenvalue weighted by atomic mass is 9.87. The molecule has 1 aliphatic carbocycles. The maximum atomic E-state index is 4.78. The van der Waals surface area contributed by atoms with E-state index in [2.05, 4.69) is 86.3 Å². The molecule has 2 atom stereocenters. The largest absolute Gasteiger partial charge is 0.337 e. The SMILES string of the molecule is C1=CC2C=Cc3cccnc3C2N=C1.c1cc(C2=Nc3ccccc3C2)nc(-c2nc3ccccc3[nH]2)c1.c1ccc(-c2cccc(-c3ccccn3)n2)nc1.c1ccc(-c2ccccn2)nc1.c1ccncc1. The third-order valence-corrected chi connectivity index (χ3v) is 11.7. The molecule has 2 unspecified atom stereocenters. The number of aromatic nitrogens is 10. The van der Waals surface area contributed by atoms with Crippen molar-refractivity contribution in [3.05, 3.63) is 272 Å². The fourth-order valence-corrected chi connectivity index (χ4v) is 8.15. The fourth-order valence-electron chi connectivity index (χ4n) is 8.15. The van der Waals surface area contributed by atoms with Crippen LogP contribution in [0.5, 0.6) is 0 Å². The van der Waals surface area contributed by atoms with Gasteiger partial charge >= 0.3 is 0 Å². The van der Waals surface area contributed by atoms with E-state index in [1.807, 2.05) is 188 Å². The van der Waals surface area contributed by atoms with Crippen molar-refractivity contribution in [2.75, 3.05) is 0 Å². The molecule has 9 aromatic heterocycles. The quantitative estimate of drug-likeness (QED) is 0.177. The Bertz CT molecular complexity index is 3510. The number of nitrogens with one attached hydrogen (secondary N) is 1. The van der Waals surface area contributed by atoms with Gasteiger partial charge in [-0.15, -0.1) is 0 Å². The first-order valence-electron chi connectivity index (χ1n) is 24.1.